The number of hydrogen-bond acceptors (Lipinski definition) is 2. The zero-order valence-corrected chi connectivity index (χ0v) is 20.7. The van der Waals surface area contributed by atoms with E-state index in [-0.39, 0.29) is 63.9 Å². The largest absolute Gasteiger partial charge is 1.00 e. The summed E-state index contributed by atoms with van der Waals surface area (Å²) >= 11 is 18.2. The molecule has 0 unspecified atom stereocenters. The van der Waals surface area contributed by atoms with Gasteiger partial charge in [0.25, 0.3) is 0 Å². The Balaban J connectivity index is 0.00000225. The van der Waals surface area contributed by atoms with Crippen LogP contribution in [-0.4, -0.2) is 15.7 Å². The number of nitrogens with one attached hydrogen (secondary N) is 1. The maximum Gasteiger partial charge on any atom is 1.00 e. The topological polar surface area (TPSA) is 58.7 Å². The van der Waals surface area contributed by atoms with Gasteiger partial charge in [0.2, 0.25) is 0 Å². The zero-order valence-electron chi connectivity index (χ0n) is 13.5. The second-order valence-corrected chi connectivity index (χ2v) is 6.45. The van der Waals surface area contributed by atoms with Gasteiger partial charge in [-0.1, -0.05) is 46.9 Å². The van der Waals surface area contributed by atoms with Gasteiger partial charge in [-0.05, 0) is 37.3 Å². The van der Waals surface area contributed by atoms with E-state index in [2.05, 4.69) is 5.10 Å². The Morgan fingerprint density at radius 3 is 2.20 bits per heavy atom. The third-order valence-electron chi connectivity index (χ3n) is 3.59. The summed E-state index contributed by atoms with van der Waals surface area (Å²) in [6, 6.07) is 12.2. The molecule has 0 aliphatic heterocycles. The van der Waals surface area contributed by atoms with Crippen molar-refractivity contribution >= 4 is 40.7 Å². The van der Waals surface area contributed by atoms with E-state index in [9.17, 15) is 4.79 Å². The first kappa shape index (κ1) is 21.1. The Bertz CT molecular complexity index is 939. The molecule has 0 radical (unpaired) electrons. The van der Waals surface area contributed by atoms with Crippen LogP contribution < -0.4 is 58.2 Å². The molecule has 3 aromatic rings. The molecular weight excluding hydrogens is 454 g/mol. The van der Waals surface area contributed by atoms with Crippen LogP contribution in [-0.2, 0) is 0 Å². The van der Waals surface area contributed by atoms with Gasteiger partial charge in [-0.25, -0.2) is 4.68 Å². The Hall–Kier alpha value is -0.205. The van der Waals surface area contributed by atoms with E-state index in [0.717, 1.165) is 5.56 Å². The van der Waals surface area contributed by atoms with Crippen molar-refractivity contribution in [2.45, 2.75) is 6.92 Å². The molecular formula is C17H11Cl3N3ORb. The minimum Gasteiger partial charge on any atom is -0.662 e. The fraction of sp³-hybridized carbons (Fsp3) is 0.0588. The van der Waals surface area contributed by atoms with E-state index in [4.69, 9.17) is 40.5 Å². The summed E-state index contributed by atoms with van der Waals surface area (Å²) in [4.78, 5) is 11.6. The van der Waals surface area contributed by atoms with Crippen LogP contribution in [0.2, 0.25) is 15.1 Å². The van der Waals surface area contributed by atoms with Crippen LogP contribution in [0, 0.1) is 6.92 Å². The van der Waals surface area contributed by atoms with Gasteiger partial charge >= 0.3 is 58.2 Å². The summed E-state index contributed by atoms with van der Waals surface area (Å²) in [6.07, 6.45) is 0. The van der Waals surface area contributed by atoms with Gasteiger partial charge in [0, 0.05) is 21.2 Å². The molecule has 4 nitrogen and oxygen atoms in total. The minimum atomic E-state index is -0.855. The van der Waals surface area contributed by atoms with Crippen molar-refractivity contribution in [1.29, 1.82) is 0 Å². The van der Waals surface area contributed by atoms with E-state index in [0.29, 0.717) is 32.0 Å². The van der Waals surface area contributed by atoms with Crippen molar-refractivity contribution in [2.75, 3.05) is 0 Å². The number of carbonyl (C=O) groups is 1. The van der Waals surface area contributed by atoms with Crippen LogP contribution in [0.5, 0.6) is 0 Å². The second-order valence-electron chi connectivity index (χ2n) is 5.17. The Kier molecular flexibility index (Phi) is 7.31. The van der Waals surface area contributed by atoms with Crippen LogP contribution in [0.4, 0.5) is 0 Å². The molecule has 122 valence electrons. The fourth-order valence-electron chi connectivity index (χ4n) is 2.49. The predicted octanol–water partition coefficient (Wildman–Crippen LogP) is 3.00. The van der Waals surface area contributed by atoms with E-state index in [1.807, 2.05) is 12.1 Å². The number of hydrogen-bond donors (Lipinski definition) is 0. The van der Waals surface area contributed by atoms with Crippen LogP contribution >= 0.6 is 34.8 Å². The summed E-state index contributed by atoms with van der Waals surface area (Å²) < 4.78 is 1.55. The first-order chi connectivity index (χ1) is 11.4. The SMILES string of the molecule is Cc1c(C([NH-])=O)nn(-c2ccc(Cl)cc2Cl)c1-c1ccc(Cl)cc1.[Rb+]. The van der Waals surface area contributed by atoms with Crippen LogP contribution in [0.1, 0.15) is 16.1 Å². The average Bonchev–Trinajstić information content (AvgIpc) is 2.86. The minimum absolute atomic E-state index is 0. The average molecular weight is 465 g/mol. The first-order valence-corrected chi connectivity index (χ1v) is 8.09. The third kappa shape index (κ3) is 4.38. The number of halogens is 3. The maximum atomic E-state index is 11.6. The van der Waals surface area contributed by atoms with Gasteiger partial charge in [-0.2, -0.15) is 5.10 Å². The number of benzene rings is 2. The molecule has 0 atom stereocenters. The zero-order chi connectivity index (χ0) is 17.4. The quantitative estimate of drug-likeness (QED) is 0.598. The van der Waals surface area contributed by atoms with E-state index in [1.165, 1.54) is 0 Å². The predicted molar refractivity (Wildman–Crippen MR) is 97.4 cm³/mol. The van der Waals surface area contributed by atoms with Crippen molar-refractivity contribution in [3.05, 3.63) is 74.5 Å². The molecule has 0 bridgehead atoms. The normalized spacial score (nSPS) is 10.4. The molecule has 0 spiro atoms. The van der Waals surface area contributed by atoms with Crippen molar-refractivity contribution in [1.82, 2.24) is 9.78 Å². The molecule has 25 heavy (non-hydrogen) atoms. The summed E-state index contributed by atoms with van der Waals surface area (Å²) in [6.45, 7) is 1.75. The van der Waals surface area contributed by atoms with Crippen LogP contribution in [0.3, 0.4) is 0 Å². The summed E-state index contributed by atoms with van der Waals surface area (Å²) in [5.74, 6) is -0.855. The van der Waals surface area contributed by atoms with Gasteiger partial charge in [-0.3, -0.25) is 0 Å². The van der Waals surface area contributed by atoms with Crippen molar-refractivity contribution in [3.8, 4) is 16.9 Å². The fourth-order valence-corrected chi connectivity index (χ4v) is 3.10. The Morgan fingerprint density at radius 2 is 1.64 bits per heavy atom. The molecule has 8 heteroatoms. The maximum absolute atomic E-state index is 11.6. The third-order valence-corrected chi connectivity index (χ3v) is 4.38. The second kappa shape index (κ2) is 8.66. The summed E-state index contributed by atoms with van der Waals surface area (Å²) in [5.41, 5.74) is 10.2. The number of aromatic nitrogens is 2. The Morgan fingerprint density at radius 1 is 1.04 bits per heavy atom. The number of rotatable bonds is 3. The number of carbonyl (C=O) groups excluding carboxylic acids is 1. The summed E-state index contributed by atoms with van der Waals surface area (Å²) in [5, 5.41) is 5.78. The molecule has 0 saturated carbocycles. The van der Waals surface area contributed by atoms with Gasteiger partial charge in [-0.15, -0.1) is 0 Å². The molecule has 3 rings (SSSR count). The molecule has 0 fully saturated rings. The van der Waals surface area contributed by atoms with Crippen LogP contribution in [0.15, 0.2) is 42.5 Å². The summed E-state index contributed by atoms with van der Waals surface area (Å²) in [7, 11) is 0. The van der Waals surface area contributed by atoms with Crippen molar-refractivity contribution < 1.29 is 63.0 Å². The van der Waals surface area contributed by atoms with Crippen LogP contribution in [0.25, 0.3) is 22.7 Å². The number of amides is 1. The molecule has 1 heterocycles. The molecule has 1 aromatic heterocycles. The molecule has 0 aliphatic rings. The smallest absolute Gasteiger partial charge is 0.662 e. The monoisotopic (exact) mass is 463 g/mol. The molecule has 0 aliphatic carbocycles. The van der Waals surface area contributed by atoms with Gasteiger partial charge < -0.3 is 10.5 Å². The van der Waals surface area contributed by atoms with E-state index in [1.54, 1.807) is 41.9 Å². The molecule has 0 saturated heterocycles. The molecule has 1 amide bonds. The van der Waals surface area contributed by atoms with Crippen molar-refractivity contribution in [3.63, 3.8) is 0 Å². The van der Waals surface area contributed by atoms with Gasteiger partial charge in [0.05, 0.1) is 16.4 Å². The standard InChI is InChI=1S/C17H12Cl3N3O.Rb/c1-9-15(17(21)24)22-23(14-7-6-12(19)8-13(14)20)16(9)10-2-4-11(18)5-3-10;/h2-8H,1H3,(H2,21,24);/q;+1/p-1. The van der Waals surface area contributed by atoms with E-state index < -0.39 is 5.91 Å². The number of nitrogens with zero attached hydrogens (tertiary/aromatic N) is 2. The first-order valence-electron chi connectivity index (χ1n) is 6.95. The van der Waals surface area contributed by atoms with Gasteiger partial charge in [0.1, 0.15) is 11.6 Å². The Labute approximate surface area is 209 Å². The van der Waals surface area contributed by atoms with Gasteiger partial charge in [0.15, 0.2) is 0 Å². The molecule has 1 N–H and O–H groups in total. The molecule has 2 aromatic carbocycles. The van der Waals surface area contributed by atoms with Crippen molar-refractivity contribution in [2.24, 2.45) is 0 Å². The van der Waals surface area contributed by atoms with E-state index >= 15 is 0 Å².